The molecule has 0 unspecified atom stereocenters. The molecule has 0 radical (unpaired) electrons. The Bertz CT molecular complexity index is 1480. The predicted octanol–water partition coefficient (Wildman–Crippen LogP) is 2.32. The first-order valence-electron chi connectivity index (χ1n) is 13.1. The number of benzene rings is 1. The predicted molar refractivity (Wildman–Crippen MR) is 145 cm³/mol. The molecule has 0 bridgehead atoms. The average Bonchev–Trinajstić information content (AvgIpc) is 3.38. The Morgan fingerprint density at radius 2 is 1.85 bits per heavy atom. The number of aryl methyl sites for hydroxylation is 1. The lowest BCUT2D eigenvalue weighted by atomic mass is 10.1. The lowest BCUT2D eigenvalue weighted by molar-refractivity contribution is -0.137. The fourth-order valence-corrected chi connectivity index (χ4v) is 5.39. The molecule has 2 saturated heterocycles. The van der Waals surface area contributed by atoms with E-state index in [9.17, 15) is 22.8 Å². The van der Waals surface area contributed by atoms with E-state index in [1.165, 1.54) is 10.6 Å². The number of nitrogens with one attached hydrogen (secondary N) is 2. The van der Waals surface area contributed by atoms with Gasteiger partial charge >= 0.3 is 6.18 Å². The normalized spacial score (nSPS) is 16.6. The first-order valence-corrected chi connectivity index (χ1v) is 13.4. The number of carbonyl (C=O) groups is 1. The molecular formula is C25H30ClF3N8O3. The number of fused-ring (bicyclic) bond motifs is 1. The van der Waals surface area contributed by atoms with Crippen LogP contribution >= 0.6 is 11.6 Å². The Hall–Kier alpha value is -3.36. The monoisotopic (exact) mass is 582 g/mol. The molecule has 216 valence electrons. The van der Waals surface area contributed by atoms with E-state index in [4.69, 9.17) is 16.3 Å². The van der Waals surface area contributed by atoms with Gasteiger partial charge in [0.05, 0.1) is 29.5 Å². The van der Waals surface area contributed by atoms with Crippen LogP contribution in [0.4, 0.5) is 30.5 Å². The van der Waals surface area contributed by atoms with Crippen LogP contribution in [0.3, 0.4) is 0 Å². The van der Waals surface area contributed by atoms with Gasteiger partial charge in [-0.15, -0.1) is 5.10 Å². The second-order valence-corrected chi connectivity index (χ2v) is 10.1. The topological polar surface area (TPSA) is 109 Å². The summed E-state index contributed by atoms with van der Waals surface area (Å²) in [5.41, 5.74) is 0.0360. The number of carbonyl (C=O) groups excluding carboxylic acids is 1. The number of hydrogen-bond acceptors (Lipinski definition) is 8. The molecule has 3 aromatic rings. The summed E-state index contributed by atoms with van der Waals surface area (Å²) in [5.74, 6) is -0.0559. The summed E-state index contributed by atoms with van der Waals surface area (Å²) in [4.78, 5) is 35.6. The van der Waals surface area contributed by atoms with Crippen LogP contribution in [-0.4, -0.2) is 77.6 Å². The van der Waals surface area contributed by atoms with E-state index in [0.717, 1.165) is 6.07 Å². The van der Waals surface area contributed by atoms with Crippen LogP contribution in [0.15, 0.2) is 16.9 Å². The minimum Gasteiger partial charge on any atom is -0.378 e. The Balaban J connectivity index is 1.58. The third-order valence-electron chi connectivity index (χ3n) is 7.07. The summed E-state index contributed by atoms with van der Waals surface area (Å²) in [6.45, 7) is 7.80. The molecule has 1 amide bonds. The first-order chi connectivity index (χ1) is 19.1. The van der Waals surface area contributed by atoms with Crippen LogP contribution < -0.4 is 26.0 Å². The minimum atomic E-state index is -4.68. The Morgan fingerprint density at radius 3 is 2.50 bits per heavy atom. The van der Waals surface area contributed by atoms with Crippen molar-refractivity contribution >= 4 is 40.6 Å². The lowest BCUT2D eigenvalue weighted by Crippen LogP contribution is -2.47. The third kappa shape index (κ3) is 5.47. The second kappa shape index (κ2) is 11.3. The molecule has 2 N–H and O–H groups in total. The highest BCUT2D eigenvalue weighted by Crippen LogP contribution is 2.37. The SMILES string of the molecule is CCc1c(N2CCNCC2)c(=O)n2nc(N3CCOCC3)nc2n1CC(=O)Nc1cc(C(F)(F)F)c(Cl)cc1C. The van der Waals surface area contributed by atoms with Gasteiger partial charge in [0.25, 0.3) is 5.56 Å². The number of morpholine rings is 1. The number of hydrogen-bond donors (Lipinski definition) is 2. The molecule has 15 heteroatoms. The number of alkyl halides is 3. The molecule has 0 spiro atoms. The summed E-state index contributed by atoms with van der Waals surface area (Å²) in [6, 6.07) is 2.00. The highest BCUT2D eigenvalue weighted by molar-refractivity contribution is 6.31. The van der Waals surface area contributed by atoms with Crippen molar-refractivity contribution in [3.63, 3.8) is 0 Å². The van der Waals surface area contributed by atoms with E-state index in [1.54, 1.807) is 11.5 Å². The van der Waals surface area contributed by atoms with Crippen LogP contribution in [0.25, 0.3) is 5.78 Å². The average molecular weight is 583 g/mol. The van der Waals surface area contributed by atoms with Gasteiger partial charge in [0.2, 0.25) is 17.6 Å². The molecule has 1 aromatic carbocycles. The van der Waals surface area contributed by atoms with Crippen molar-refractivity contribution in [1.29, 1.82) is 0 Å². The molecule has 0 atom stereocenters. The zero-order valence-corrected chi connectivity index (χ0v) is 22.9. The fourth-order valence-electron chi connectivity index (χ4n) is 5.06. The van der Waals surface area contributed by atoms with Crippen LogP contribution in [-0.2, 0) is 28.7 Å². The van der Waals surface area contributed by atoms with Gasteiger partial charge in [-0.25, -0.2) is 0 Å². The number of anilines is 3. The molecule has 0 saturated carbocycles. The van der Waals surface area contributed by atoms with E-state index in [1.807, 2.05) is 16.7 Å². The molecule has 40 heavy (non-hydrogen) atoms. The number of rotatable bonds is 6. The summed E-state index contributed by atoms with van der Waals surface area (Å²) in [5, 5.41) is 9.92. The van der Waals surface area contributed by atoms with Crippen molar-refractivity contribution in [2.45, 2.75) is 33.0 Å². The Morgan fingerprint density at radius 1 is 1.15 bits per heavy atom. The molecule has 4 heterocycles. The number of ether oxygens (including phenoxy) is 1. The Kier molecular flexibility index (Phi) is 7.93. The number of piperazine rings is 1. The highest BCUT2D eigenvalue weighted by atomic mass is 35.5. The zero-order valence-electron chi connectivity index (χ0n) is 22.1. The lowest BCUT2D eigenvalue weighted by Gasteiger charge is -2.31. The van der Waals surface area contributed by atoms with E-state index >= 15 is 0 Å². The van der Waals surface area contributed by atoms with Crippen molar-refractivity contribution in [3.05, 3.63) is 44.3 Å². The largest absolute Gasteiger partial charge is 0.417 e. The fraction of sp³-hybridized carbons (Fsp3) is 0.520. The van der Waals surface area contributed by atoms with Gasteiger partial charge in [0.15, 0.2) is 0 Å². The van der Waals surface area contributed by atoms with Crippen molar-refractivity contribution < 1.29 is 22.7 Å². The van der Waals surface area contributed by atoms with Crippen LogP contribution in [0, 0.1) is 6.92 Å². The molecule has 11 nitrogen and oxygen atoms in total. The van der Waals surface area contributed by atoms with Gasteiger partial charge in [0, 0.05) is 45.0 Å². The zero-order chi connectivity index (χ0) is 28.6. The summed E-state index contributed by atoms with van der Waals surface area (Å²) in [7, 11) is 0. The maximum atomic E-state index is 13.8. The number of nitrogens with zero attached hydrogens (tertiary/aromatic N) is 6. The smallest absolute Gasteiger partial charge is 0.378 e. The first kappa shape index (κ1) is 28.2. The van der Waals surface area contributed by atoms with Crippen molar-refractivity contribution in [1.82, 2.24) is 24.5 Å². The number of halogens is 4. The van der Waals surface area contributed by atoms with E-state index in [-0.39, 0.29) is 23.6 Å². The standard InChI is InChI=1S/C25H30ClF3N8O3/c1-3-19-21(34-6-4-30-5-7-34)22(39)37-24(32-23(33-37)35-8-10-40-11-9-35)36(19)14-20(38)31-18-13-16(25(27,28)29)17(26)12-15(18)2/h12-13,30H,3-11,14H2,1-2H3,(H,31,38). The Labute approximate surface area is 232 Å². The molecule has 2 aliphatic rings. The van der Waals surface area contributed by atoms with Crippen LogP contribution in [0.5, 0.6) is 0 Å². The number of aromatic nitrogens is 4. The quantitative estimate of drug-likeness (QED) is 0.456. The summed E-state index contributed by atoms with van der Waals surface area (Å²) < 4.78 is 48.6. The maximum absolute atomic E-state index is 13.8. The van der Waals surface area contributed by atoms with Gasteiger partial charge in [-0.3, -0.25) is 9.59 Å². The van der Waals surface area contributed by atoms with Crippen LogP contribution in [0.2, 0.25) is 5.02 Å². The molecule has 2 fully saturated rings. The molecule has 5 rings (SSSR count). The van der Waals surface area contributed by atoms with Crippen LogP contribution in [0.1, 0.15) is 23.7 Å². The van der Waals surface area contributed by atoms with E-state index < -0.39 is 22.7 Å². The van der Waals surface area contributed by atoms with Crippen molar-refractivity contribution in [2.24, 2.45) is 0 Å². The molecule has 0 aliphatic carbocycles. The van der Waals surface area contributed by atoms with Crippen molar-refractivity contribution in [3.8, 4) is 0 Å². The van der Waals surface area contributed by atoms with Gasteiger partial charge in [-0.2, -0.15) is 22.7 Å². The van der Waals surface area contributed by atoms with Gasteiger partial charge in [-0.1, -0.05) is 18.5 Å². The maximum Gasteiger partial charge on any atom is 0.417 e. The van der Waals surface area contributed by atoms with Gasteiger partial charge in [-0.05, 0) is 31.0 Å². The van der Waals surface area contributed by atoms with Crippen molar-refractivity contribution in [2.75, 3.05) is 67.6 Å². The second-order valence-electron chi connectivity index (χ2n) is 9.69. The summed E-state index contributed by atoms with van der Waals surface area (Å²) >= 11 is 5.82. The molecule has 2 aliphatic heterocycles. The third-order valence-corrected chi connectivity index (χ3v) is 7.38. The van der Waals surface area contributed by atoms with Gasteiger partial charge < -0.3 is 29.7 Å². The summed E-state index contributed by atoms with van der Waals surface area (Å²) in [6.07, 6.45) is -4.27. The highest BCUT2D eigenvalue weighted by Gasteiger charge is 2.34. The minimum absolute atomic E-state index is 0.00496. The molecular weight excluding hydrogens is 553 g/mol. The van der Waals surface area contributed by atoms with Gasteiger partial charge in [0.1, 0.15) is 12.2 Å². The van der Waals surface area contributed by atoms with E-state index in [2.05, 4.69) is 20.7 Å². The molecule has 2 aromatic heterocycles. The number of amides is 1. The van der Waals surface area contributed by atoms with E-state index in [0.29, 0.717) is 81.8 Å².